The first kappa shape index (κ1) is 34.5. The molecule has 2 nitrogen and oxygen atoms in total. The molecule has 2 fully saturated rings. The maximum Gasteiger partial charge on any atom is 0.400 e. The quantitative estimate of drug-likeness (QED) is 0.206. The first-order chi connectivity index (χ1) is 21.0. The number of rotatable bonds is 13. The average Bonchev–Trinajstić information content (AvgIpc) is 3.01. The molecule has 2 saturated carbocycles. The SMILES string of the molecule is CCCCC1CCC(C(F)(F)Oc2ccc(CC)c(F)c2F)CC1C1CC(COc2ccc(C)c(F)c2F)CCC1CCC. The van der Waals surface area contributed by atoms with Crippen LogP contribution in [-0.4, -0.2) is 12.7 Å². The van der Waals surface area contributed by atoms with Gasteiger partial charge >= 0.3 is 6.11 Å². The Morgan fingerprint density at radius 2 is 1.39 bits per heavy atom. The third-order valence-corrected chi connectivity index (χ3v) is 10.3. The average molecular weight is 627 g/mol. The molecule has 0 aromatic heterocycles. The summed E-state index contributed by atoms with van der Waals surface area (Å²) in [6, 6.07) is 5.34. The van der Waals surface area contributed by atoms with Gasteiger partial charge in [0.25, 0.3) is 0 Å². The lowest BCUT2D eigenvalue weighted by molar-refractivity contribution is -0.231. The summed E-state index contributed by atoms with van der Waals surface area (Å²) in [6.07, 6.45) is 5.28. The molecule has 0 amide bonds. The van der Waals surface area contributed by atoms with Crippen LogP contribution in [0.5, 0.6) is 11.5 Å². The number of hydrogen-bond donors (Lipinski definition) is 0. The molecule has 6 atom stereocenters. The van der Waals surface area contributed by atoms with Crippen molar-refractivity contribution in [1.82, 2.24) is 0 Å². The van der Waals surface area contributed by atoms with Gasteiger partial charge in [-0.15, -0.1) is 0 Å². The number of ether oxygens (including phenoxy) is 2. The van der Waals surface area contributed by atoms with Gasteiger partial charge in [-0.3, -0.25) is 0 Å². The molecule has 0 N–H and O–H groups in total. The van der Waals surface area contributed by atoms with Crippen LogP contribution in [0.1, 0.15) is 103 Å². The van der Waals surface area contributed by atoms with Crippen molar-refractivity contribution < 1.29 is 35.8 Å². The van der Waals surface area contributed by atoms with Gasteiger partial charge in [-0.05, 0) is 105 Å². The van der Waals surface area contributed by atoms with E-state index in [-0.39, 0.29) is 66.4 Å². The van der Waals surface area contributed by atoms with E-state index in [1.165, 1.54) is 25.1 Å². The molecule has 44 heavy (non-hydrogen) atoms. The predicted octanol–water partition coefficient (Wildman–Crippen LogP) is 11.2. The van der Waals surface area contributed by atoms with Gasteiger partial charge in [0.05, 0.1) is 12.5 Å². The van der Waals surface area contributed by atoms with Crippen molar-refractivity contribution in [3.63, 3.8) is 0 Å². The first-order valence-electron chi connectivity index (χ1n) is 16.6. The highest BCUT2D eigenvalue weighted by atomic mass is 19.3. The van der Waals surface area contributed by atoms with Crippen molar-refractivity contribution in [3.8, 4) is 11.5 Å². The number of halogens is 6. The molecular formula is C36H48F6O2. The molecule has 0 radical (unpaired) electrons. The second-order valence-electron chi connectivity index (χ2n) is 13.2. The van der Waals surface area contributed by atoms with E-state index in [2.05, 4.69) is 13.8 Å². The molecule has 0 saturated heterocycles. The maximum atomic E-state index is 15.7. The van der Waals surface area contributed by atoms with E-state index in [0.717, 1.165) is 57.4 Å². The zero-order valence-electron chi connectivity index (χ0n) is 26.6. The van der Waals surface area contributed by atoms with Gasteiger partial charge in [-0.1, -0.05) is 65.0 Å². The standard InChI is InChI=1S/C36H48F6O2/c1-5-8-10-26-14-16-27(36(41,42)44-31-18-15-24(7-3)33(38)35(31)40)20-29(26)28-19-23(12-13-25(28)9-6-2)21-43-30-17-11-22(4)32(37)34(30)39/h11,15,17-18,23,25-29H,5-10,12-14,16,19-21H2,1-4H3. The van der Waals surface area contributed by atoms with Crippen molar-refractivity contribution >= 4 is 0 Å². The minimum atomic E-state index is -3.65. The number of aryl methyl sites for hydroxylation is 2. The van der Waals surface area contributed by atoms with Crippen molar-refractivity contribution in [2.45, 2.75) is 111 Å². The Morgan fingerprint density at radius 3 is 2.09 bits per heavy atom. The van der Waals surface area contributed by atoms with Crippen LogP contribution >= 0.6 is 0 Å². The Kier molecular flexibility index (Phi) is 12.0. The van der Waals surface area contributed by atoms with E-state index in [4.69, 9.17) is 9.47 Å². The van der Waals surface area contributed by atoms with E-state index in [1.807, 2.05) is 0 Å². The second-order valence-corrected chi connectivity index (χ2v) is 13.2. The molecule has 246 valence electrons. The maximum absolute atomic E-state index is 15.7. The second kappa shape index (κ2) is 15.3. The van der Waals surface area contributed by atoms with E-state index in [1.54, 1.807) is 6.92 Å². The van der Waals surface area contributed by atoms with E-state index in [9.17, 15) is 17.6 Å². The summed E-state index contributed by atoms with van der Waals surface area (Å²) in [6.45, 7) is 7.67. The van der Waals surface area contributed by atoms with Crippen LogP contribution in [0.2, 0.25) is 0 Å². The summed E-state index contributed by atoms with van der Waals surface area (Å²) in [5.41, 5.74) is 0.328. The number of benzene rings is 2. The zero-order chi connectivity index (χ0) is 32.0. The Hall–Kier alpha value is -2.38. The summed E-state index contributed by atoms with van der Waals surface area (Å²) in [4.78, 5) is 0. The van der Waals surface area contributed by atoms with Gasteiger partial charge in [0, 0.05) is 0 Å². The van der Waals surface area contributed by atoms with Crippen LogP contribution in [0, 0.1) is 65.7 Å². The van der Waals surface area contributed by atoms with Crippen LogP contribution in [0.4, 0.5) is 26.3 Å². The van der Waals surface area contributed by atoms with Crippen molar-refractivity contribution in [3.05, 3.63) is 58.7 Å². The monoisotopic (exact) mass is 626 g/mol. The topological polar surface area (TPSA) is 18.5 Å². The summed E-state index contributed by atoms with van der Waals surface area (Å²) >= 11 is 0. The molecule has 6 unspecified atom stereocenters. The molecule has 0 bridgehead atoms. The van der Waals surface area contributed by atoms with Gasteiger partial charge in [-0.25, -0.2) is 8.78 Å². The molecule has 0 aliphatic heterocycles. The molecule has 2 aromatic rings. The van der Waals surface area contributed by atoms with E-state index >= 15 is 8.78 Å². The number of alkyl halides is 2. The number of unbranched alkanes of at least 4 members (excludes halogenated alkanes) is 1. The summed E-state index contributed by atoms with van der Waals surface area (Å²) < 4.78 is 99.9. The molecule has 2 aliphatic rings. The van der Waals surface area contributed by atoms with Gasteiger partial charge < -0.3 is 9.47 Å². The molecule has 2 aliphatic carbocycles. The van der Waals surface area contributed by atoms with Crippen LogP contribution < -0.4 is 9.47 Å². The fourth-order valence-electron chi connectivity index (χ4n) is 7.79. The molecule has 4 rings (SSSR count). The van der Waals surface area contributed by atoms with Crippen molar-refractivity contribution in [2.75, 3.05) is 6.61 Å². The van der Waals surface area contributed by atoms with Crippen LogP contribution in [0.25, 0.3) is 0 Å². The summed E-state index contributed by atoms with van der Waals surface area (Å²) in [5.74, 6) is -5.45. The highest BCUT2D eigenvalue weighted by Gasteiger charge is 2.50. The lowest BCUT2D eigenvalue weighted by Gasteiger charge is -2.48. The van der Waals surface area contributed by atoms with Gasteiger partial charge in [0.1, 0.15) is 0 Å². The fraction of sp³-hybridized carbons (Fsp3) is 0.667. The first-order valence-corrected chi connectivity index (χ1v) is 16.6. The summed E-state index contributed by atoms with van der Waals surface area (Å²) in [7, 11) is 0. The smallest absolute Gasteiger partial charge is 0.400 e. The third kappa shape index (κ3) is 7.88. The predicted molar refractivity (Wildman–Crippen MR) is 161 cm³/mol. The van der Waals surface area contributed by atoms with E-state index < -0.39 is 41.0 Å². The largest absolute Gasteiger partial charge is 0.490 e. The zero-order valence-corrected chi connectivity index (χ0v) is 26.6. The summed E-state index contributed by atoms with van der Waals surface area (Å²) in [5, 5.41) is 0. The van der Waals surface area contributed by atoms with Crippen molar-refractivity contribution in [2.24, 2.45) is 35.5 Å². The third-order valence-electron chi connectivity index (χ3n) is 10.3. The minimum Gasteiger partial charge on any atom is -0.490 e. The Balaban J connectivity index is 1.54. The Bertz CT molecular complexity index is 1230. The molecule has 8 heteroatoms. The van der Waals surface area contributed by atoms with Gasteiger partial charge in [-0.2, -0.15) is 17.6 Å². The molecular weight excluding hydrogens is 578 g/mol. The van der Waals surface area contributed by atoms with Crippen LogP contribution in [-0.2, 0) is 6.42 Å². The lowest BCUT2D eigenvalue weighted by atomic mass is 9.59. The molecule has 0 spiro atoms. The number of hydrogen-bond acceptors (Lipinski definition) is 2. The Labute approximate surface area is 258 Å². The van der Waals surface area contributed by atoms with Crippen molar-refractivity contribution in [1.29, 1.82) is 0 Å². The highest BCUT2D eigenvalue weighted by molar-refractivity contribution is 5.32. The normalized spacial score (nSPS) is 26.0. The fourth-order valence-corrected chi connectivity index (χ4v) is 7.79. The lowest BCUT2D eigenvalue weighted by Crippen LogP contribution is -2.44. The van der Waals surface area contributed by atoms with Gasteiger partial charge in [0.15, 0.2) is 23.1 Å². The highest BCUT2D eigenvalue weighted by Crippen LogP contribution is 2.52. The Morgan fingerprint density at radius 1 is 0.727 bits per heavy atom. The van der Waals surface area contributed by atoms with Crippen LogP contribution in [0.15, 0.2) is 24.3 Å². The molecule has 2 aromatic carbocycles. The van der Waals surface area contributed by atoms with E-state index in [0.29, 0.717) is 12.3 Å². The minimum absolute atomic E-state index is 0.0201. The van der Waals surface area contributed by atoms with Crippen LogP contribution in [0.3, 0.4) is 0 Å². The molecule has 0 heterocycles. The van der Waals surface area contributed by atoms with Gasteiger partial charge in [0.2, 0.25) is 11.6 Å².